The van der Waals surface area contributed by atoms with Gasteiger partial charge in [0.2, 0.25) is 11.8 Å². The number of hydrogen-bond donors (Lipinski definition) is 3. The molecule has 0 aliphatic heterocycles. The van der Waals surface area contributed by atoms with E-state index in [-0.39, 0.29) is 42.4 Å². The highest BCUT2D eigenvalue weighted by Gasteiger charge is 2.51. The molecule has 3 N–H and O–H groups in total. The van der Waals surface area contributed by atoms with Crippen LogP contribution < -0.4 is 21.9 Å². The summed E-state index contributed by atoms with van der Waals surface area (Å²) in [4.78, 5) is 49.7. The third-order valence-electron chi connectivity index (χ3n) is 6.95. The predicted molar refractivity (Wildman–Crippen MR) is 107 cm³/mol. The minimum Gasteiger partial charge on any atom is -0.353 e. The normalized spacial score (nSPS) is 28.7. The second-order valence-corrected chi connectivity index (χ2v) is 9.33. The molecule has 4 aliphatic carbocycles. The Hall–Kier alpha value is -2.89. The van der Waals surface area contributed by atoms with Crippen molar-refractivity contribution in [3.8, 4) is 6.07 Å². The van der Waals surface area contributed by atoms with E-state index in [0.29, 0.717) is 6.42 Å². The zero-order valence-electron chi connectivity index (χ0n) is 16.9. The van der Waals surface area contributed by atoms with Crippen molar-refractivity contribution in [1.82, 2.24) is 20.2 Å². The van der Waals surface area contributed by atoms with E-state index in [9.17, 15) is 19.2 Å². The molecule has 0 spiro atoms. The Kier molecular flexibility index (Phi) is 5.50. The first-order chi connectivity index (χ1) is 14.4. The maximum absolute atomic E-state index is 12.5. The Bertz CT molecular complexity index is 967. The van der Waals surface area contributed by atoms with E-state index >= 15 is 0 Å². The molecule has 4 bridgehead atoms. The number of nitrogens with one attached hydrogen (secondary N) is 3. The molecule has 1 aromatic heterocycles. The summed E-state index contributed by atoms with van der Waals surface area (Å²) in [6.45, 7) is 0.146. The molecule has 4 aliphatic rings. The number of H-pyrrole nitrogens is 1. The predicted octanol–water partition coefficient (Wildman–Crippen LogP) is 0.247. The van der Waals surface area contributed by atoms with Crippen LogP contribution in [0.15, 0.2) is 15.8 Å². The zero-order chi connectivity index (χ0) is 21.3. The SMILES string of the molecule is N#Cc1cn(CCNC(=O)CNC(=O)CC23CC4CC(CC(C4)C2)C3)c(=O)[nH]c1=O. The minimum absolute atomic E-state index is 0.0670. The molecule has 2 amide bonds. The van der Waals surface area contributed by atoms with Crippen LogP contribution in [0.2, 0.25) is 0 Å². The lowest BCUT2D eigenvalue weighted by Gasteiger charge is -2.56. The Morgan fingerprint density at radius 3 is 2.33 bits per heavy atom. The van der Waals surface area contributed by atoms with Gasteiger partial charge in [0.25, 0.3) is 5.56 Å². The molecule has 0 aromatic carbocycles. The summed E-state index contributed by atoms with van der Waals surface area (Å²) in [5.74, 6) is 1.94. The Morgan fingerprint density at radius 1 is 1.10 bits per heavy atom. The minimum atomic E-state index is -0.732. The molecule has 1 heterocycles. The van der Waals surface area contributed by atoms with Crippen LogP contribution in [-0.2, 0) is 16.1 Å². The van der Waals surface area contributed by atoms with Gasteiger partial charge in [0.1, 0.15) is 11.6 Å². The molecule has 0 saturated heterocycles. The van der Waals surface area contributed by atoms with Crippen LogP contribution in [0.1, 0.15) is 50.5 Å². The topological polar surface area (TPSA) is 137 Å². The number of amides is 2. The first-order valence-electron chi connectivity index (χ1n) is 10.6. The number of aromatic amines is 1. The number of nitrogens with zero attached hydrogens (tertiary/aromatic N) is 2. The highest BCUT2D eigenvalue weighted by molar-refractivity contribution is 5.84. The largest absolute Gasteiger partial charge is 0.353 e. The van der Waals surface area contributed by atoms with Gasteiger partial charge >= 0.3 is 5.69 Å². The fraction of sp³-hybridized carbons (Fsp3) is 0.667. The van der Waals surface area contributed by atoms with Gasteiger partial charge in [-0.2, -0.15) is 5.26 Å². The molecule has 9 heteroatoms. The molecule has 9 nitrogen and oxygen atoms in total. The van der Waals surface area contributed by atoms with Gasteiger partial charge in [0, 0.05) is 25.7 Å². The first kappa shape index (κ1) is 20.4. The fourth-order valence-corrected chi connectivity index (χ4v) is 6.22. The van der Waals surface area contributed by atoms with Crippen LogP contribution in [0.3, 0.4) is 0 Å². The van der Waals surface area contributed by atoms with Gasteiger partial charge in [0.05, 0.1) is 6.54 Å². The Balaban J connectivity index is 1.21. The van der Waals surface area contributed by atoms with Crippen molar-refractivity contribution in [2.24, 2.45) is 23.2 Å². The third kappa shape index (κ3) is 4.32. The summed E-state index contributed by atoms with van der Waals surface area (Å²) in [5, 5.41) is 14.2. The summed E-state index contributed by atoms with van der Waals surface area (Å²) in [7, 11) is 0. The molecule has 30 heavy (non-hydrogen) atoms. The van der Waals surface area contributed by atoms with E-state index < -0.39 is 11.2 Å². The van der Waals surface area contributed by atoms with Crippen molar-refractivity contribution in [3.63, 3.8) is 0 Å². The maximum Gasteiger partial charge on any atom is 0.328 e. The zero-order valence-corrected chi connectivity index (χ0v) is 16.9. The van der Waals surface area contributed by atoms with Gasteiger partial charge in [-0.25, -0.2) is 4.79 Å². The molecule has 4 fully saturated rings. The Morgan fingerprint density at radius 2 is 1.73 bits per heavy atom. The Labute approximate surface area is 173 Å². The van der Waals surface area contributed by atoms with Crippen LogP contribution in [0.5, 0.6) is 0 Å². The molecule has 1 aromatic rings. The van der Waals surface area contributed by atoms with E-state index in [1.165, 1.54) is 25.5 Å². The highest BCUT2D eigenvalue weighted by atomic mass is 16.2. The summed E-state index contributed by atoms with van der Waals surface area (Å²) < 4.78 is 1.16. The molecule has 0 atom stereocenters. The first-order valence-corrected chi connectivity index (χ1v) is 10.6. The lowest BCUT2D eigenvalue weighted by Crippen LogP contribution is -2.48. The van der Waals surface area contributed by atoms with E-state index in [1.807, 2.05) is 0 Å². The van der Waals surface area contributed by atoms with Crippen molar-refractivity contribution in [3.05, 3.63) is 32.6 Å². The summed E-state index contributed by atoms with van der Waals surface area (Å²) in [6, 6.07) is 1.71. The number of carbonyl (C=O) groups is 2. The number of hydrogen-bond acceptors (Lipinski definition) is 5. The van der Waals surface area contributed by atoms with Crippen molar-refractivity contribution >= 4 is 11.8 Å². The second-order valence-electron chi connectivity index (χ2n) is 9.33. The molecule has 160 valence electrons. The van der Waals surface area contributed by atoms with Crippen LogP contribution in [0.4, 0.5) is 0 Å². The number of rotatable bonds is 7. The van der Waals surface area contributed by atoms with Crippen molar-refractivity contribution in [2.75, 3.05) is 13.1 Å². The monoisotopic (exact) mass is 413 g/mol. The van der Waals surface area contributed by atoms with Crippen LogP contribution in [0.25, 0.3) is 0 Å². The van der Waals surface area contributed by atoms with Gasteiger partial charge in [-0.15, -0.1) is 0 Å². The van der Waals surface area contributed by atoms with Crippen LogP contribution >= 0.6 is 0 Å². The van der Waals surface area contributed by atoms with Gasteiger partial charge in [-0.05, 0) is 61.7 Å². The fourth-order valence-electron chi connectivity index (χ4n) is 6.22. The van der Waals surface area contributed by atoms with E-state index in [1.54, 1.807) is 6.07 Å². The molecular formula is C21H27N5O4. The smallest absolute Gasteiger partial charge is 0.328 e. The lowest BCUT2D eigenvalue weighted by atomic mass is 9.49. The maximum atomic E-state index is 12.5. The molecular weight excluding hydrogens is 386 g/mol. The highest BCUT2D eigenvalue weighted by Crippen LogP contribution is 2.61. The average molecular weight is 413 g/mol. The molecule has 0 unspecified atom stereocenters. The van der Waals surface area contributed by atoms with Crippen molar-refractivity contribution < 1.29 is 9.59 Å². The van der Waals surface area contributed by atoms with Crippen LogP contribution in [0, 0.1) is 34.5 Å². The van der Waals surface area contributed by atoms with Gasteiger partial charge < -0.3 is 10.6 Å². The summed E-state index contributed by atoms with van der Waals surface area (Å²) >= 11 is 0. The number of carbonyl (C=O) groups excluding carboxylic acids is 2. The number of aromatic nitrogens is 2. The van der Waals surface area contributed by atoms with Crippen molar-refractivity contribution in [1.29, 1.82) is 5.26 Å². The van der Waals surface area contributed by atoms with Crippen LogP contribution in [-0.4, -0.2) is 34.5 Å². The van der Waals surface area contributed by atoms with Crippen molar-refractivity contribution in [2.45, 2.75) is 51.5 Å². The third-order valence-corrected chi connectivity index (χ3v) is 6.95. The van der Waals surface area contributed by atoms with E-state index in [4.69, 9.17) is 5.26 Å². The second kappa shape index (κ2) is 8.09. The summed E-state index contributed by atoms with van der Waals surface area (Å²) in [5.41, 5.74) is -1.40. The lowest BCUT2D eigenvalue weighted by molar-refractivity contribution is -0.131. The standard InChI is InChI=1S/C21H27N5O4/c22-10-16-12-26(20(30)25-19(16)29)2-1-23-18(28)11-24-17(27)9-21-6-13-3-14(7-21)5-15(4-13)8-21/h12-15H,1-9,11H2,(H,23,28)(H,24,27)(H,25,29,30). The quantitative estimate of drug-likeness (QED) is 0.588. The van der Waals surface area contributed by atoms with Gasteiger partial charge in [0.15, 0.2) is 0 Å². The number of nitriles is 1. The molecule has 4 saturated carbocycles. The van der Waals surface area contributed by atoms with E-state index in [0.717, 1.165) is 41.6 Å². The van der Waals surface area contributed by atoms with Gasteiger partial charge in [-0.3, -0.25) is 23.9 Å². The van der Waals surface area contributed by atoms with Gasteiger partial charge in [-0.1, -0.05) is 0 Å². The van der Waals surface area contributed by atoms with E-state index in [2.05, 4.69) is 15.6 Å². The average Bonchev–Trinajstić information content (AvgIpc) is 2.66. The molecule has 0 radical (unpaired) electrons. The summed E-state index contributed by atoms with van der Waals surface area (Å²) in [6.07, 6.45) is 9.12. The molecule has 5 rings (SSSR count).